The maximum atomic E-state index is 14.3. The first-order valence-corrected chi connectivity index (χ1v) is 10.6. The van der Waals surface area contributed by atoms with Crippen LogP contribution in [0.2, 0.25) is 0 Å². The molecule has 1 unspecified atom stereocenters. The maximum absolute atomic E-state index is 14.3. The lowest BCUT2D eigenvalue weighted by atomic mass is 9.84. The highest BCUT2D eigenvalue weighted by Crippen LogP contribution is 2.28. The van der Waals surface area contributed by atoms with Crippen LogP contribution in [-0.2, 0) is 20.8 Å². The molecule has 2 aliphatic heterocycles. The van der Waals surface area contributed by atoms with E-state index in [0.29, 0.717) is 50.0 Å². The largest absolute Gasteiger partial charge is 0.342 e. The van der Waals surface area contributed by atoms with E-state index in [-0.39, 0.29) is 42.5 Å². The first-order valence-electron chi connectivity index (χ1n) is 10.6. The Kier molecular flexibility index (Phi) is 7.35. The molecular formula is C22H28F2N4O3. The topological polar surface area (TPSA) is 82.1 Å². The molecule has 0 spiro atoms. The third kappa shape index (κ3) is 5.45. The van der Waals surface area contributed by atoms with Crippen molar-refractivity contribution < 1.29 is 23.2 Å². The average molecular weight is 434 g/mol. The Morgan fingerprint density at radius 3 is 2.55 bits per heavy atom. The van der Waals surface area contributed by atoms with Crippen LogP contribution in [0.5, 0.6) is 0 Å². The summed E-state index contributed by atoms with van der Waals surface area (Å²) >= 11 is 0. The van der Waals surface area contributed by atoms with Crippen molar-refractivity contribution in [2.24, 2.45) is 11.0 Å². The molecule has 7 nitrogen and oxygen atoms in total. The molecule has 1 aromatic carbocycles. The Hall–Kier alpha value is -2.84. The second-order valence-corrected chi connectivity index (χ2v) is 8.09. The molecule has 2 heterocycles. The number of carbonyl (C=O) groups is 3. The van der Waals surface area contributed by atoms with Crippen molar-refractivity contribution in [1.82, 2.24) is 15.2 Å². The van der Waals surface area contributed by atoms with Gasteiger partial charge in [-0.1, -0.05) is 13.0 Å². The number of amides is 3. The van der Waals surface area contributed by atoms with Gasteiger partial charge in [0.1, 0.15) is 17.3 Å². The maximum Gasteiger partial charge on any atom is 0.270 e. The van der Waals surface area contributed by atoms with Crippen LogP contribution < -0.4 is 5.43 Å². The Balaban J connectivity index is 1.70. The molecule has 1 aromatic rings. The van der Waals surface area contributed by atoms with E-state index in [9.17, 15) is 23.2 Å². The van der Waals surface area contributed by atoms with Gasteiger partial charge in [0, 0.05) is 51.5 Å². The van der Waals surface area contributed by atoms with E-state index < -0.39 is 11.6 Å². The molecule has 1 saturated heterocycles. The van der Waals surface area contributed by atoms with Crippen LogP contribution in [0.25, 0.3) is 0 Å². The fraction of sp³-hybridized carbons (Fsp3) is 0.545. The number of nitrogens with zero attached hydrogens (tertiary/aromatic N) is 3. The SMILES string of the molecule is CCC(=O)N(C)C(Cc1ccc(F)cc1F)C1CCN(C(=O)C2=NNC(=O)CC2)CC1. The third-order valence-electron chi connectivity index (χ3n) is 6.16. The van der Waals surface area contributed by atoms with Gasteiger partial charge in [0.2, 0.25) is 11.8 Å². The number of likely N-dealkylation sites (N-methyl/N-ethyl adjacent to an activating group) is 1. The Labute approximate surface area is 180 Å². The Morgan fingerprint density at radius 1 is 1.26 bits per heavy atom. The van der Waals surface area contributed by atoms with Crippen LogP contribution in [0.1, 0.15) is 44.6 Å². The number of carbonyl (C=O) groups excluding carboxylic acids is 3. The first-order chi connectivity index (χ1) is 14.8. The van der Waals surface area contributed by atoms with Gasteiger partial charge in [0.15, 0.2) is 0 Å². The molecule has 168 valence electrons. The van der Waals surface area contributed by atoms with Crippen LogP contribution in [-0.4, -0.2) is 59.4 Å². The quantitative estimate of drug-likeness (QED) is 0.746. The minimum atomic E-state index is -0.635. The minimum absolute atomic E-state index is 0.0432. The highest BCUT2D eigenvalue weighted by molar-refractivity contribution is 6.39. The standard InChI is InChI=1S/C22H28F2N4O3/c1-3-21(30)27(2)19(12-15-4-5-16(23)13-17(15)24)14-8-10-28(11-9-14)22(31)18-6-7-20(29)26-25-18/h4-5,13-14,19H,3,6-12H2,1-2H3,(H,26,29). The zero-order valence-electron chi connectivity index (χ0n) is 17.9. The minimum Gasteiger partial charge on any atom is -0.342 e. The summed E-state index contributed by atoms with van der Waals surface area (Å²) in [5.41, 5.74) is 3.06. The van der Waals surface area contributed by atoms with Crippen LogP contribution in [0.4, 0.5) is 8.78 Å². The summed E-state index contributed by atoms with van der Waals surface area (Å²) in [7, 11) is 1.72. The molecule has 31 heavy (non-hydrogen) atoms. The number of benzene rings is 1. The predicted molar refractivity (Wildman–Crippen MR) is 111 cm³/mol. The van der Waals surface area contributed by atoms with E-state index in [1.165, 1.54) is 12.1 Å². The second-order valence-electron chi connectivity index (χ2n) is 8.09. The van der Waals surface area contributed by atoms with E-state index in [2.05, 4.69) is 10.5 Å². The monoisotopic (exact) mass is 434 g/mol. The lowest BCUT2D eigenvalue weighted by Crippen LogP contribution is -2.50. The van der Waals surface area contributed by atoms with Crippen molar-refractivity contribution >= 4 is 23.4 Å². The molecule has 1 atom stereocenters. The van der Waals surface area contributed by atoms with Crippen LogP contribution in [0, 0.1) is 17.6 Å². The molecule has 0 aliphatic carbocycles. The van der Waals surface area contributed by atoms with E-state index in [4.69, 9.17) is 0 Å². The van der Waals surface area contributed by atoms with E-state index >= 15 is 0 Å². The number of nitrogens with one attached hydrogen (secondary N) is 1. The van der Waals surface area contributed by atoms with Crippen molar-refractivity contribution in [3.63, 3.8) is 0 Å². The molecule has 3 amide bonds. The van der Waals surface area contributed by atoms with Crippen LogP contribution in [0.3, 0.4) is 0 Å². The van der Waals surface area contributed by atoms with Crippen molar-refractivity contribution in [3.8, 4) is 0 Å². The van der Waals surface area contributed by atoms with E-state index in [1.54, 1.807) is 23.8 Å². The van der Waals surface area contributed by atoms with Gasteiger partial charge >= 0.3 is 0 Å². The summed E-state index contributed by atoms with van der Waals surface area (Å²) in [6.45, 7) is 2.76. The third-order valence-corrected chi connectivity index (χ3v) is 6.16. The highest BCUT2D eigenvalue weighted by Gasteiger charge is 2.34. The summed E-state index contributed by atoms with van der Waals surface area (Å²) in [5, 5.41) is 3.88. The first kappa shape index (κ1) is 22.8. The highest BCUT2D eigenvalue weighted by atomic mass is 19.1. The van der Waals surface area contributed by atoms with Crippen LogP contribution >= 0.6 is 0 Å². The smallest absolute Gasteiger partial charge is 0.270 e. The van der Waals surface area contributed by atoms with Gasteiger partial charge < -0.3 is 9.80 Å². The molecule has 0 bridgehead atoms. The van der Waals surface area contributed by atoms with Crippen molar-refractivity contribution in [1.29, 1.82) is 0 Å². The van der Waals surface area contributed by atoms with Crippen LogP contribution in [0.15, 0.2) is 23.3 Å². The molecule has 1 fully saturated rings. The van der Waals surface area contributed by atoms with E-state index in [1.807, 2.05) is 0 Å². The molecule has 0 saturated carbocycles. The summed E-state index contributed by atoms with van der Waals surface area (Å²) in [5.74, 6) is -1.61. The summed E-state index contributed by atoms with van der Waals surface area (Å²) in [6.07, 6.45) is 2.49. The fourth-order valence-electron chi connectivity index (χ4n) is 4.26. The molecule has 0 aromatic heterocycles. The van der Waals surface area contributed by atoms with Crippen molar-refractivity contribution in [2.45, 2.75) is 51.5 Å². The average Bonchev–Trinajstić information content (AvgIpc) is 2.78. The number of rotatable bonds is 6. The van der Waals surface area contributed by atoms with Gasteiger partial charge in [-0.15, -0.1) is 0 Å². The fourth-order valence-corrected chi connectivity index (χ4v) is 4.26. The van der Waals surface area contributed by atoms with Gasteiger partial charge in [-0.05, 0) is 36.8 Å². The lowest BCUT2D eigenvalue weighted by molar-refractivity contribution is -0.134. The van der Waals surface area contributed by atoms with Gasteiger partial charge in [-0.3, -0.25) is 14.4 Å². The van der Waals surface area contributed by atoms with E-state index in [0.717, 1.165) is 6.07 Å². The van der Waals surface area contributed by atoms with Gasteiger partial charge in [-0.25, -0.2) is 14.2 Å². The summed E-state index contributed by atoms with van der Waals surface area (Å²) in [4.78, 5) is 39.7. The number of piperidine rings is 1. The lowest BCUT2D eigenvalue weighted by Gasteiger charge is -2.40. The number of hydrogen-bond donors (Lipinski definition) is 1. The molecule has 0 radical (unpaired) electrons. The molecule has 3 rings (SSSR count). The number of hydrazone groups is 1. The zero-order valence-corrected chi connectivity index (χ0v) is 17.9. The van der Waals surface area contributed by atoms with Gasteiger partial charge in [0.05, 0.1) is 0 Å². The predicted octanol–water partition coefficient (Wildman–Crippen LogP) is 2.25. The summed E-state index contributed by atoms with van der Waals surface area (Å²) in [6, 6.07) is 3.26. The second kappa shape index (κ2) is 9.98. The number of likely N-dealkylation sites (tertiary alicyclic amines) is 1. The molecule has 2 aliphatic rings. The number of hydrogen-bond acceptors (Lipinski definition) is 4. The molecular weight excluding hydrogens is 406 g/mol. The normalized spacial score (nSPS) is 18.3. The zero-order chi connectivity index (χ0) is 22.5. The number of halogens is 2. The Bertz CT molecular complexity index is 882. The van der Waals surface area contributed by atoms with Crippen molar-refractivity contribution in [3.05, 3.63) is 35.4 Å². The molecule has 9 heteroatoms. The Morgan fingerprint density at radius 2 is 1.97 bits per heavy atom. The van der Waals surface area contributed by atoms with Gasteiger partial charge in [-0.2, -0.15) is 5.10 Å². The molecule has 1 N–H and O–H groups in total. The summed E-state index contributed by atoms with van der Waals surface area (Å²) < 4.78 is 27.6. The van der Waals surface area contributed by atoms with Crippen molar-refractivity contribution in [2.75, 3.05) is 20.1 Å². The van der Waals surface area contributed by atoms with Gasteiger partial charge in [0.25, 0.3) is 5.91 Å².